The molecule has 0 aliphatic rings. The van der Waals surface area contributed by atoms with Crippen molar-refractivity contribution in [3.8, 4) is 10.4 Å². The first-order valence-electron chi connectivity index (χ1n) is 6.07. The molecular weight excluding hydrogens is 240 g/mol. The fourth-order valence-corrected chi connectivity index (χ4v) is 2.98. The van der Waals surface area contributed by atoms with Crippen LogP contribution in [0.1, 0.15) is 4.88 Å². The molecule has 1 aromatic heterocycles. The summed E-state index contributed by atoms with van der Waals surface area (Å²) < 4.78 is 0. The molecule has 0 saturated heterocycles. The number of hydrogen-bond donors (Lipinski definition) is 0. The number of thiophene rings is 1. The van der Waals surface area contributed by atoms with Crippen LogP contribution in [0.25, 0.3) is 10.4 Å². The number of rotatable bonds is 4. The van der Waals surface area contributed by atoms with Crippen molar-refractivity contribution in [2.24, 2.45) is 0 Å². The molecule has 0 saturated carbocycles. The smallest absolute Gasteiger partial charge is 0.0361 e. The maximum atomic E-state index is 2.22. The highest BCUT2D eigenvalue weighted by molar-refractivity contribution is 7.15. The van der Waals surface area contributed by atoms with Crippen molar-refractivity contribution in [2.75, 3.05) is 33.1 Å². The molecule has 0 fully saturated rings. The van der Waals surface area contributed by atoms with Crippen LogP contribution in [0.3, 0.4) is 0 Å². The van der Waals surface area contributed by atoms with Gasteiger partial charge in [0, 0.05) is 36.1 Å². The van der Waals surface area contributed by atoms with Crippen molar-refractivity contribution in [3.63, 3.8) is 0 Å². The largest absolute Gasteiger partial charge is 0.378 e. The van der Waals surface area contributed by atoms with Crippen molar-refractivity contribution >= 4 is 17.0 Å². The van der Waals surface area contributed by atoms with E-state index in [1.54, 1.807) is 0 Å². The Morgan fingerprint density at radius 2 is 1.56 bits per heavy atom. The summed E-state index contributed by atoms with van der Waals surface area (Å²) in [6.45, 7) is 1.01. The van der Waals surface area contributed by atoms with Crippen LogP contribution in [0.5, 0.6) is 0 Å². The van der Waals surface area contributed by atoms with Crippen molar-refractivity contribution in [3.05, 3.63) is 41.3 Å². The normalized spacial score (nSPS) is 10.9. The summed E-state index contributed by atoms with van der Waals surface area (Å²) in [5.41, 5.74) is 2.54. The molecule has 0 bridgehead atoms. The predicted molar refractivity (Wildman–Crippen MR) is 81.5 cm³/mol. The van der Waals surface area contributed by atoms with Crippen molar-refractivity contribution in [1.29, 1.82) is 0 Å². The second kappa shape index (κ2) is 5.55. The summed E-state index contributed by atoms with van der Waals surface area (Å²) >= 11 is 1.87. The quantitative estimate of drug-likeness (QED) is 0.829. The minimum atomic E-state index is 1.01. The van der Waals surface area contributed by atoms with Gasteiger partial charge >= 0.3 is 0 Å². The molecule has 0 aliphatic carbocycles. The van der Waals surface area contributed by atoms with E-state index in [1.165, 1.54) is 21.0 Å². The lowest BCUT2D eigenvalue weighted by Crippen LogP contribution is -2.09. The van der Waals surface area contributed by atoms with Gasteiger partial charge in [0.2, 0.25) is 0 Å². The Kier molecular flexibility index (Phi) is 4.04. The zero-order valence-corrected chi connectivity index (χ0v) is 12.3. The molecule has 3 heteroatoms. The van der Waals surface area contributed by atoms with Crippen molar-refractivity contribution in [2.45, 2.75) is 6.54 Å². The first-order valence-corrected chi connectivity index (χ1v) is 6.89. The lowest BCUT2D eigenvalue weighted by Gasteiger charge is -2.12. The van der Waals surface area contributed by atoms with Crippen LogP contribution in [0.2, 0.25) is 0 Å². The number of benzene rings is 1. The van der Waals surface area contributed by atoms with Crippen molar-refractivity contribution in [1.82, 2.24) is 4.90 Å². The zero-order chi connectivity index (χ0) is 13.1. The first kappa shape index (κ1) is 13.1. The third-order valence-electron chi connectivity index (χ3n) is 2.80. The van der Waals surface area contributed by atoms with Gasteiger partial charge < -0.3 is 9.80 Å². The minimum Gasteiger partial charge on any atom is -0.378 e. The van der Waals surface area contributed by atoms with Crippen molar-refractivity contribution < 1.29 is 0 Å². The number of hydrogen-bond acceptors (Lipinski definition) is 3. The van der Waals surface area contributed by atoms with Gasteiger partial charge in [0.15, 0.2) is 0 Å². The van der Waals surface area contributed by atoms with E-state index in [0.29, 0.717) is 0 Å². The number of anilines is 1. The van der Waals surface area contributed by atoms with Gasteiger partial charge in [-0.3, -0.25) is 0 Å². The molecule has 0 spiro atoms. The fraction of sp³-hybridized carbons (Fsp3) is 0.333. The van der Waals surface area contributed by atoms with E-state index in [-0.39, 0.29) is 0 Å². The molecular formula is C15H20N2S. The summed E-state index contributed by atoms with van der Waals surface area (Å²) in [6, 6.07) is 13.2. The van der Waals surface area contributed by atoms with E-state index in [4.69, 9.17) is 0 Å². The Hall–Kier alpha value is -1.32. The highest BCUT2D eigenvalue weighted by Gasteiger charge is 2.04. The molecule has 0 amide bonds. The van der Waals surface area contributed by atoms with Crippen LogP contribution in [0.4, 0.5) is 5.69 Å². The Balaban J connectivity index is 2.18. The van der Waals surface area contributed by atoms with E-state index in [9.17, 15) is 0 Å². The summed E-state index contributed by atoms with van der Waals surface area (Å²) in [7, 11) is 8.33. The molecule has 0 atom stereocenters. The van der Waals surface area contributed by atoms with E-state index in [1.807, 2.05) is 11.3 Å². The van der Waals surface area contributed by atoms with Crippen LogP contribution in [-0.2, 0) is 6.54 Å². The molecule has 2 rings (SSSR count). The van der Waals surface area contributed by atoms with Crippen LogP contribution in [-0.4, -0.2) is 33.1 Å². The van der Waals surface area contributed by atoms with Gasteiger partial charge in [-0.25, -0.2) is 0 Å². The number of nitrogens with zero attached hydrogens (tertiary/aromatic N) is 2. The molecule has 0 aliphatic heterocycles. The molecule has 2 aromatic rings. The van der Waals surface area contributed by atoms with Gasteiger partial charge in [0.05, 0.1) is 0 Å². The third kappa shape index (κ3) is 3.12. The maximum absolute atomic E-state index is 2.22. The van der Waals surface area contributed by atoms with Gasteiger partial charge in [0.1, 0.15) is 0 Å². The van der Waals surface area contributed by atoms with Crippen LogP contribution < -0.4 is 4.90 Å². The molecule has 96 valence electrons. The summed E-state index contributed by atoms with van der Waals surface area (Å²) in [5.74, 6) is 0. The molecule has 0 N–H and O–H groups in total. The third-order valence-corrected chi connectivity index (χ3v) is 3.92. The van der Waals surface area contributed by atoms with Gasteiger partial charge in [0.25, 0.3) is 0 Å². The predicted octanol–water partition coefficient (Wildman–Crippen LogP) is 3.54. The van der Waals surface area contributed by atoms with Gasteiger partial charge in [-0.05, 0) is 43.9 Å². The van der Waals surface area contributed by atoms with E-state index in [2.05, 4.69) is 74.4 Å². The van der Waals surface area contributed by atoms with Gasteiger partial charge in [-0.15, -0.1) is 11.3 Å². The lowest BCUT2D eigenvalue weighted by molar-refractivity contribution is 0.406. The maximum Gasteiger partial charge on any atom is 0.0361 e. The highest BCUT2D eigenvalue weighted by Crippen LogP contribution is 2.29. The second-order valence-electron chi connectivity index (χ2n) is 4.95. The minimum absolute atomic E-state index is 1.01. The van der Waals surface area contributed by atoms with E-state index >= 15 is 0 Å². The van der Waals surface area contributed by atoms with Crippen LogP contribution >= 0.6 is 11.3 Å². The fourth-order valence-electron chi connectivity index (χ4n) is 1.85. The second-order valence-corrected chi connectivity index (χ2v) is 6.11. The molecule has 0 radical (unpaired) electrons. The Morgan fingerprint density at radius 1 is 0.889 bits per heavy atom. The standard InChI is InChI=1S/C15H20N2S/c1-16(2)11-14-9-10-15(18-14)12-5-7-13(8-6-12)17(3)4/h5-10H,11H2,1-4H3. The Morgan fingerprint density at radius 3 is 2.11 bits per heavy atom. The molecule has 1 heterocycles. The van der Waals surface area contributed by atoms with Crippen LogP contribution in [0.15, 0.2) is 36.4 Å². The molecule has 18 heavy (non-hydrogen) atoms. The molecule has 1 aromatic carbocycles. The topological polar surface area (TPSA) is 6.48 Å². The lowest BCUT2D eigenvalue weighted by atomic mass is 10.1. The summed E-state index contributed by atoms with van der Waals surface area (Å²) in [6.07, 6.45) is 0. The monoisotopic (exact) mass is 260 g/mol. The molecule has 2 nitrogen and oxygen atoms in total. The Labute approximate surface area is 113 Å². The average Bonchev–Trinajstić information content (AvgIpc) is 2.76. The van der Waals surface area contributed by atoms with Crippen LogP contribution in [0, 0.1) is 0 Å². The van der Waals surface area contributed by atoms with E-state index in [0.717, 1.165) is 6.54 Å². The van der Waals surface area contributed by atoms with Gasteiger partial charge in [-0.1, -0.05) is 12.1 Å². The Bertz CT molecular complexity index is 497. The van der Waals surface area contributed by atoms with E-state index < -0.39 is 0 Å². The van der Waals surface area contributed by atoms with Gasteiger partial charge in [-0.2, -0.15) is 0 Å². The SMILES string of the molecule is CN(C)Cc1ccc(-c2ccc(N(C)C)cc2)s1. The summed E-state index contributed by atoms with van der Waals surface area (Å²) in [5, 5.41) is 0. The highest BCUT2D eigenvalue weighted by atomic mass is 32.1. The molecule has 0 unspecified atom stereocenters. The first-order chi connectivity index (χ1) is 8.56. The summed E-state index contributed by atoms with van der Waals surface area (Å²) in [4.78, 5) is 7.07. The zero-order valence-electron chi connectivity index (χ0n) is 11.5. The average molecular weight is 260 g/mol.